The fourth-order valence-corrected chi connectivity index (χ4v) is 4.93. The van der Waals surface area contributed by atoms with Gasteiger partial charge in [0.15, 0.2) is 11.2 Å². The molecule has 0 bridgehead atoms. The van der Waals surface area contributed by atoms with E-state index in [2.05, 4.69) is 32.6 Å². The van der Waals surface area contributed by atoms with Crippen molar-refractivity contribution in [1.29, 1.82) is 0 Å². The molecule has 2 aromatic carbocycles. The minimum Gasteiger partial charge on any atom is -0.398 e. The van der Waals surface area contributed by atoms with Crippen molar-refractivity contribution >= 4 is 46.7 Å². The lowest BCUT2D eigenvalue weighted by atomic mass is 9.95. The molecule has 0 saturated heterocycles. The second-order valence-electron chi connectivity index (χ2n) is 7.48. The Balaban J connectivity index is 1.52. The third kappa shape index (κ3) is 4.51. The third-order valence-corrected chi connectivity index (χ3v) is 6.74. The SMILES string of the molecule is CNC(=O)/C(=N/OC)c1c(CON=CCC2=C(C)SC3N(C)C=NN23)ccc2ccccc12. The molecule has 33 heavy (non-hydrogen) atoms. The van der Waals surface area contributed by atoms with Crippen molar-refractivity contribution in [3.63, 3.8) is 0 Å². The zero-order valence-electron chi connectivity index (χ0n) is 19.0. The summed E-state index contributed by atoms with van der Waals surface area (Å²) >= 11 is 1.77. The van der Waals surface area contributed by atoms with E-state index in [1.807, 2.05) is 54.8 Å². The summed E-state index contributed by atoms with van der Waals surface area (Å²) in [5.41, 5.74) is 2.91. The number of hydrogen-bond donors (Lipinski definition) is 1. The van der Waals surface area contributed by atoms with E-state index in [9.17, 15) is 4.79 Å². The molecule has 2 aliphatic rings. The number of carbonyl (C=O) groups is 1. The number of hydrogen-bond acceptors (Lipinski definition) is 9. The number of oxime groups is 2. The monoisotopic (exact) mass is 466 g/mol. The highest BCUT2D eigenvalue weighted by molar-refractivity contribution is 8.03. The largest absolute Gasteiger partial charge is 0.398 e. The number of thioether (sulfide) groups is 1. The molecule has 0 saturated carbocycles. The highest BCUT2D eigenvalue weighted by Gasteiger charge is 2.35. The molecule has 2 aromatic rings. The predicted octanol–water partition coefficient (Wildman–Crippen LogP) is 3.28. The summed E-state index contributed by atoms with van der Waals surface area (Å²) in [4.78, 5) is 26.4. The van der Waals surface area contributed by atoms with Crippen LogP contribution in [0.3, 0.4) is 0 Å². The highest BCUT2D eigenvalue weighted by Crippen LogP contribution is 2.41. The molecule has 1 N–H and O–H groups in total. The van der Waals surface area contributed by atoms with Gasteiger partial charge < -0.3 is 19.9 Å². The van der Waals surface area contributed by atoms with Crippen LogP contribution in [0, 0.1) is 0 Å². The van der Waals surface area contributed by atoms with Crippen LogP contribution in [-0.2, 0) is 21.1 Å². The van der Waals surface area contributed by atoms with Gasteiger partial charge in [0.1, 0.15) is 20.1 Å². The molecule has 0 spiro atoms. The number of benzene rings is 2. The zero-order chi connectivity index (χ0) is 23.4. The van der Waals surface area contributed by atoms with Crippen LogP contribution in [0.4, 0.5) is 0 Å². The van der Waals surface area contributed by atoms with E-state index in [1.54, 1.807) is 25.0 Å². The Morgan fingerprint density at radius 3 is 2.91 bits per heavy atom. The minimum absolute atomic E-state index is 0.177. The van der Waals surface area contributed by atoms with E-state index >= 15 is 0 Å². The standard InChI is InChI=1S/C23H26N6O3S/c1-15-19(29-23(33-15)28(3)14-25-29)11-12-26-32-13-17-10-9-16-7-5-6-8-18(16)20(17)21(27-31-4)22(30)24-2/h5-10,12,14,23H,11,13H2,1-4H3,(H,24,30)/b26-12?,27-21+. The molecular formula is C23H26N6O3S. The molecule has 0 aliphatic carbocycles. The topological polar surface area (TPSA) is 91.1 Å². The van der Waals surface area contributed by atoms with Gasteiger partial charge in [0.25, 0.3) is 5.91 Å². The molecule has 4 rings (SSSR count). The molecule has 9 nitrogen and oxygen atoms in total. The first-order valence-corrected chi connectivity index (χ1v) is 11.3. The second kappa shape index (κ2) is 9.95. The number of likely N-dealkylation sites (N-methyl/N-ethyl adjacent to an activating group) is 1. The zero-order valence-corrected chi connectivity index (χ0v) is 19.8. The first-order chi connectivity index (χ1) is 16.0. The normalized spacial score (nSPS) is 17.9. The van der Waals surface area contributed by atoms with Crippen LogP contribution in [0.1, 0.15) is 24.5 Å². The fourth-order valence-electron chi connectivity index (χ4n) is 3.79. The lowest BCUT2D eigenvalue weighted by Gasteiger charge is -2.21. The Kier molecular flexibility index (Phi) is 6.83. The van der Waals surface area contributed by atoms with Crippen molar-refractivity contribution in [2.45, 2.75) is 25.4 Å². The summed E-state index contributed by atoms with van der Waals surface area (Å²) in [5.74, 6) is -0.343. The van der Waals surface area contributed by atoms with Crippen LogP contribution in [0.25, 0.3) is 10.8 Å². The predicted molar refractivity (Wildman–Crippen MR) is 132 cm³/mol. The van der Waals surface area contributed by atoms with E-state index in [-0.39, 0.29) is 23.7 Å². The Morgan fingerprint density at radius 1 is 1.30 bits per heavy atom. The van der Waals surface area contributed by atoms with Crippen LogP contribution in [0.5, 0.6) is 0 Å². The van der Waals surface area contributed by atoms with Gasteiger partial charge >= 0.3 is 0 Å². The smallest absolute Gasteiger partial charge is 0.273 e. The summed E-state index contributed by atoms with van der Waals surface area (Å²) < 4.78 is 0. The maximum Gasteiger partial charge on any atom is 0.273 e. The summed E-state index contributed by atoms with van der Waals surface area (Å²) in [6.07, 6.45) is 4.17. The van der Waals surface area contributed by atoms with Gasteiger partial charge in [-0.2, -0.15) is 5.10 Å². The van der Waals surface area contributed by atoms with Gasteiger partial charge in [-0.25, -0.2) is 5.01 Å². The average Bonchev–Trinajstić information content (AvgIpc) is 3.34. The molecule has 0 radical (unpaired) electrons. The van der Waals surface area contributed by atoms with Crippen LogP contribution >= 0.6 is 11.8 Å². The van der Waals surface area contributed by atoms with Crippen LogP contribution in [0.2, 0.25) is 0 Å². The number of fused-ring (bicyclic) bond motifs is 2. The summed E-state index contributed by atoms with van der Waals surface area (Å²) in [6, 6.07) is 11.7. The molecule has 1 amide bonds. The number of rotatable bonds is 8. The van der Waals surface area contributed by atoms with Gasteiger partial charge in [0.2, 0.25) is 0 Å². The molecular weight excluding hydrogens is 440 g/mol. The molecule has 0 aromatic heterocycles. The van der Waals surface area contributed by atoms with Gasteiger partial charge in [-0.1, -0.05) is 58.5 Å². The average molecular weight is 467 g/mol. The molecule has 1 unspecified atom stereocenters. The Bertz CT molecular complexity index is 1180. The number of carbonyl (C=O) groups excluding carboxylic acids is 1. The van der Waals surface area contributed by atoms with Crippen LogP contribution in [-0.4, -0.2) is 60.8 Å². The van der Waals surface area contributed by atoms with Crippen molar-refractivity contribution in [2.75, 3.05) is 21.2 Å². The second-order valence-corrected chi connectivity index (χ2v) is 8.75. The maximum absolute atomic E-state index is 12.5. The molecule has 0 fully saturated rings. The molecule has 2 heterocycles. The molecule has 2 aliphatic heterocycles. The van der Waals surface area contributed by atoms with E-state index in [1.165, 1.54) is 12.0 Å². The van der Waals surface area contributed by atoms with Crippen molar-refractivity contribution in [3.8, 4) is 0 Å². The lowest BCUT2D eigenvalue weighted by molar-refractivity contribution is -0.114. The van der Waals surface area contributed by atoms with E-state index in [0.717, 1.165) is 22.0 Å². The van der Waals surface area contributed by atoms with Crippen molar-refractivity contribution in [2.24, 2.45) is 15.4 Å². The van der Waals surface area contributed by atoms with Crippen LogP contribution < -0.4 is 5.32 Å². The van der Waals surface area contributed by atoms with E-state index < -0.39 is 0 Å². The van der Waals surface area contributed by atoms with Gasteiger partial charge in [0, 0.05) is 42.8 Å². The van der Waals surface area contributed by atoms with Crippen molar-refractivity contribution in [3.05, 3.63) is 58.1 Å². The molecule has 172 valence electrons. The first kappa shape index (κ1) is 22.7. The first-order valence-electron chi connectivity index (χ1n) is 10.4. The Morgan fingerprint density at radius 2 is 2.12 bits per heavy atom. The van der Waals surface area contributed by atoms with E-state index in [0.29, 0.717) is 12.0 Å². The number of nitrogens with zero attached hydrogens (tertiary/aromatic N) is 5. The number of amides is 1. The highest BCUT2D eigenvalue weighted by atomic mass is 32.2. The van der Waals surface area contributed by atoms with Gasteiger partial charge in [-0.05, 0) is 17.7 Å². The van der Waals surface area contributed by atoms with Gasteiger partial charge in [0.05, 0.1) is 5.70 Å². The number of nitrogens with one attached hydrogen (secondary N) is 1. The minimum atomic E-state index is -0.343. The van der Waals surface area contributed by atoms with Gasteiger partial charge in [-0.3, -0.25) is 4.79 Å². The Hall–Kier alpha value is -3.53. The number of allylic oxidation sites excluding steroid dienone is 2. The fraction of sp³-hybridized carbons (Fsp3) is 0.304. The molecule has 10 heteroatoms. The van der Waals surface area contributed by atoms with Crippen molar-refractivity contribution in [1.82, 2.24) is 15.2 Å². The quantitative estimate of drug-likeness (QED) is 0.474. The Labute approximate surface area is 196 Å². The summed E-state index contributed by atoms with van der Waals surface area (Å²) in [6.45, 7) is 2.27. The van der Waals surface area contributed by atoms with Crippen molar-refractivity contribution < 1.29 is 14.5 Å². The molecule has 1 atom stereocenters. The lowest BCUT2D eigenvalue weighted by Crippen LogP contribution is -2.30. The van der Waals surface area contributed by atoms with E-state index in [4.69, 9.17) is 9.68 Å². The van der Waals surface area contributed by atoms with Crippen LogP contribution in [0.15, 0.2) is 62.4 Å². The third-order valence-electron chi connectivity index (χ3n) is 5.41. The summed E-state index contributed by atoms with van der Waals surface area (Å²) in [5, 5.41) is 19.1. The number of hydrazone groups is 1. The maximum atomic E-state index is 12.5. The van der Waals surface area contributed by atoms with Gasteiger partial charge in [-0.15, -0.1) is 0 Å². The summed E-state index contributed by atoms with van der Waals surface area (Å²) in [7, 11) is 4.98.